The van der Waals surface area contributed by atoms with Gasteiger partial charge in [-0.15, -0.1) is 0 Å². The highest BCUT2D eigenvalue weighted by molar-refractivity contribution is 5.82. The molecular formula is C36H46N6O2. The number of aliphatic imine (C=N–C) groups is 2. The average Bonchev–Trinajstić information content (AvgIpc) is 3.07. The molecule has 44 heavy (non-hydrogen) atoms. The van der Waals surface area contributed by atoms with E-state index in [-0.39, 0.29) is 11.6 Å². The summed E-state index contributed by atoms with van der Waals surface area (Å²) in [6.45, 7) is 4.33. The number of hydrogen-bond donors (Lipinski definition) is 0. The smallest absolute Gasteiger partial charge is 0.139 e. The number of Topliss-reactive ketones (excluding diaryl/α,β-unsaturated/α-hetero) is 2. The SMILES string of the molecule is CCC1C=NC(CC(=O)CCc2ccc(C3CCCC(c4ccc(CCC(=O)CC5=CC(CC)CC=N5)nn4)C3)nn2)=CC1. The molecule has 0 amide bonds. The molecule has 0 N–H and O–H groups in total. The lowest BCUT2D eigenvalue weighted by atomic mass is 9.78. The largest absolute Gasteiger partial charge is 0.299 e. The second kappa shape index (κ2) is 15.9. The molecule has 4 atom stereocenters. The minimum absolute atomic E-state index is 0.194. The molecule has 5 rings (SSSR count). The molecule has 1 aliphatic carbocycles. The Balaban J connectivity index is 1.06. The second-order valence-corrected chi connectivity index (χ2v) is 12.6. The van der Waals surface area contributed by atoms with Crippen molar-refractivity contribution in [2.24, 2.45) is 21.8 Å². The van der Waals surface area contributed by atoms with E-state index in [9.17, 15) is 9.59 Å². The number of carbonyl (C=O) groups excluding carboxylic acids is 2. The minimum atomic E-state index is 0.194. The van der Waals surface area contributed by atoms with Crippen molar-refractivity contribution in [3.8, 4) is 0 Å². The molecule has 2 aromatic heterocycles. The molecule has 4 unspecified atom stereocenters. The van der Waals surface area contributed by atoms with Crippen LogP contribution in [0.15, 0.2) is 57.8 Å². The maximum Gasteiger partial charge on any atom is 0.139 e. The molecule has 2 aromatic rings. The quantitative estimate of drug-likeness (QED) is 0.228. The van der Waals surface area contributed by atoms with Crippen molar-refractivity contribution in [3.63, 3.8) is 0 Å². The lowest BCUT2D eigenvalue weighted by Crippen LogP contribution is -2.16. The van der Waals surface area contributed by atoms with Crippen LogP contribution < -0.4 is 0 Å². The zero-order valence-electron chi connectivity index (χ0n) is 26.3. The third-order valence-electron chi connectivity index (χ3n) is 9.32. The molecular weight excluding hydrogens is 548 g/mol. The Hall–Kier alpha value is -3.68. The summed E-state index contributed by atoms with van der Waals surface area (Å²) in [7, 11) is 0. The average molecular weight is 595 g/mol. The molecule has 232 valence electrons. The summed E-state index contributed by atoms with van der Waals surface area (Å²) in [5, 5.41) is 18.1. The van der Waals surface area contributed by atoms with Gasteiger partial charge >= 0.3 is 0 Å². The first-order valence-electron chi connectivity index (χ1n) is 16.6. The lowest BCUT2D eigenvalue weighted by Gasteiger charge is -2.28. The Labute approximate surface area is 261 Å². The van der Waals surface area contributed by atoms with Crippen molar-refractivity contribution < 1.29 is 9.59 Å². The Bertz CT molecular complexity index is 1390. The molecule has 1 fully saturated rings. The summed E-state index contributed by atoms with van der Waals surface area (Å²) in [6.07, 6.45) is 19.5. The molecule has 1 saturated carbocycles. The summed E-state index contributed by atoms with van der Waals surface area (Å²) in [4.78, 5) is 33.9. The summed E-state index contributed by atoms with van der Waals surface area (Å²) in [5.74, 6) is 2.07. The normalized spacial score (nSPS) is 23.2. The fourth-order valence-electron chi connectivity index (χ4n) is 6.35. The molecule has 8 nitrogen and oxygen atoms in total. The van der Waals surface area contributed by atoms with Crippen LogP contribution in [0.5, 0.6) is 0 Å². The van der Waals surface area contributed by atoms with Gasteiger partial charge in [0.15, 0.2) is 0 Å². The molecule has 4 heterocycles. The van der Waals surface area contributed by atoms with Gasteiger partial charge in [-0.05, 0) is 93.9 Å². The number of hydrogen-bond acceptors (Lipinski definition) is 8. The van der Waals surface area contributed by atoms with Gasteiger partial charge in [0, 0.05) is 61.3 Å². The Morgan fingerprint density at radius 1 is 0.727 bits per heavy atom. The number of carbonyl (C=O) groups is 2. The van der Waals surface area contributed by atoms with Gasteiger partial charge in [0.2, 0.25) is 0 Å². The summed E-state index contributed by atoms with van der Waals surface area (Å²) in [6, 6.07) is 8.22. The molecule has 0 radical (unpaired) electrons. The molecule has 0 aromatic carbocycles. The number of rotatable bonds is 14. The van der Waals surface area contributed by atoms with Crippen LogP contribution in [-0.4, -0.2) is 44.4 Å². The van der Waals surface area contributed by atoms with E-state index in [2.05, 4.69) is 68.5 Å². The predicted octanol–water partition coefficient (Wildman–Crippen LogP) is 7.26. The van der Waals surface area contributed by atoms with Crippen molar-refractivity contribution in [2.75, 3.05) is 0 Å². The van der Waals surface area contributed by atoms with E-state index in [0.29, 0.717) is 62.2 Å². The highest BCUT2D eigenvalue weighted by atomic mass is 16.1. The van der Waals surface area contributed by atoms with E-state index >= 15 is 0 Å². The van der Waals surface area contributed by atoms with E-state index in [0.717, 1.165) is 85.5 Å². The van der Waals surface area contributed by atoms with Gasteiger partial charge in [-0.3, -0.25) is 19.6 Å². The van der Waals surface area contributed by atoms with Gasteiger partial charge < -0.3 is 0 Å². The summed E-state index contributed by atoms with van der Waals surface area (Å²) >= 11 is 0. The molecule has 2 aliphatic heterocycles. The number of allylic oxidation sites excluding steroid dienone is 4. The Morgan fingerprint density at radius 3 is 1.86 bits per heavy atom. The Kier molecular flexibility index (Phi) is 11.4. The molecule has 0 bridgehead atoms. The zero-order valence-corrected chi connectivity index (χ0v) is 26.3. The van der Waals surface area contributed by atoms with Crippen LogP contribution in [0.3, 0.4) is 0 Å². The van der Waals surface area contributed by atoms with Crippen LogP contribution in [0.1, 0.15) is 126 Å². The Morgan fingerprint density at radius 2 is 1.34 bits per heavy atom. The molecule has 8 heteroatoms. The maximum absolute atomic E-state index is 12.5. The van der Waals surface area contributed by atoms with Gasteiger partial charge in [0.1, 0.15) is 11.6 Å². The van der Waals surface area contributed by atoms with Crippen LogP contribution in [-0.2, 0) is 22.4 Å². The second-order valence-electron chi connectivity index (χ2n) is 12.6. The van der Waals surface area contributed by atoms with Gasteiger partial charge in [0.25, 0.3) is 0 Å². The van der Waals surface area contributed by atoms with Crippen LogP contribution in [0.2, 0.25) is 0 Å². The monoisotopic (exact) mass is 594 g/mol. The van der Waals surface area contributed by atoms with E-state index < -0.39 is 0 Å². The maximum atomic E-state index is 12.5. The minimum Gasteiger partial charge on any atom is -0.299 e. The zero-order chi connectivity index (χ0) is 30.7. The molecule has 0 spiro atoms. The van der Waals surface area contributed by atoms with Crippen molar-refractivity contribution in [3.05, 3.63) is 70.6 Å². The van der Waals surface area contributed by atoms with Crippen molar-refractivity contribution in [1.29, 1.82) is 0 Å². The third kappa shape index (κ3) is 9.16. The number of ketones is 2. The lowest BCUT2D eigenvalue weighted by molar-refractivity contribution is -0.119. The van der Waals surface area contributed by atoms with Crippen molar-refractivity contribution >= 4 is 24.0 Å². The van der Waals surface area contributed by atoms with E-state index in [1.807, 2.05) is 24.6 Å². The van der Waals surface area contributed by atoms with Gasteiger partial charge in [-0.1, -0.05) is 32.4 Å². The van der Waals surface area contributed by atoms with Gasteiger partial charge in [0.05, 0.1) is 22.8 Å². The first kappa shape index (κ1) is 31.7. The topological polar surface area (TPSA) is 110 Å². The van der Waals surface area contributed by atoms with Gasteiger partial charge in [-0.2, -0.15) is 20.4 Å². The standard InChI is InChI=1S/C36H46N6O2/c1-3-25-18-19-37-32(20-25)23-34(44)15-11-30-13-17-36(42-40-30)28-7-5-6-27(21-28)35-16-12-29(39-41-35)10-14-33(43)22-31-9-8-26(4-2)24-38-31/h9,12-13,16-17,19-20,24-28H,3-8,10-11,14-15,18,21-23H2,1-2H3. The number of aromatic nitrogens is 4. The fraction of sp³-hybridized carbons (Fsp3) is 0.556. The third-order valence-corrected chi connectivity index (χ3v) is 9.32. The van der Waals surface area contributed by atoms with Crippen LogP contribution >= 0.6 is 0 Å². The highest BCUT2D eigenvalue weighted by Gasteiger charge is 2.27. The predicted molar refractivity (Wildman–Crippen MR) is 174 cm³/mol. The fourth-order valence-corrected chi connectivity index (χ4v) is 6.35. The highest BCUT2D eigenvalue weighted by Crippen LogP contribution is 2.39. The van der Waals surface area contributed by atoms with E-state index in [4.69, 9.17) is 0 Å². The first-order chi connectivity index (χ1) is 21.5. The van der Waals surface area contributed by atoms with E-state index in [1.165, 1.54) is 0 Å². The van der Waals surface area contributed by atoms with Crippen LogP contribution in [0.4, 0.5) is 0 Å². The molecule has 0 saturated heterocycles. The first-order valence-corrected chi connectivity index (χ1v) is 16.6. The molecule has 3 aliphatic rings. The summed E-state index contributed by atoms with van der Waals surface area (Å²) in [5.41, 5.74) is 5.54. The number of aryl methyl sites for hydroxylation is 2. The number of nitrogens with zero attached hydrogens (tertiary/aromatic N) is 6. The van der Waals surface area contributed by atoms with Crippen LogP contribution in [0, 0.1) is 11.8 Å². The van der Waals surface area contributed by atoms with Crippen molar-refractivity contribution in [2.45, 2.75) is 116 Å². The van der Waals surface area contributed by atoms with Gasteiger partial charge in [-0.25, -0.2) is 0 Å². The van der Waals surface area contributed by atoms with E-state index in [1.54, 1.807) is 0 Å². The summed E-state index contributed by atoms with van der Waals surface area (Å²) < 4.78 is 0. The van der Waals surface area contributed by atoms with Crippen molar-refractivity contribution in [1.82, 2.24) is 20.4 Å². The van der Waals surface area contributed by atoms with Crippen LogP contribution in [0.25, 0.3) is 0 Å².